The van der Waals surface area contributed by atoms with Crippen molar-refractivity contribution in [2.24, 2.45) is 40.9 Å². The van der Waals surface area contributed by atoms with E-state index in [2.05, 4.69) is 36.7 Å². The Labute approximate surface area is 151 Å². The van der Waals surface area contributed by atoms with Crippen LogP contribution in [0.1, 0.15) is 78.6 Å². The van der Waals surface area contributed by atoms with E-state index in [0.717, 1.165) is 36.0 Å². The largest absolute Gasteiger partial charge is 0.298 e. The first-order valence-electron chi connectivity index (χ1n) is 10.1. The predicted octanol–water partition coefficient (Wildman–Crippen LogP) is 6.25. The van der Waals surface area contributed by atoms with E-state index in [-0.39, 0.29) is 0 Å². The summed E-state index contributed by atoms with van der Waals surface area (Å²) in [6, 6.07) is 0. The van der Waals surface area contributed by atoms with Gasteiger partial charge in [0.15, 0.2) is 0 Å². The molecular weight excluding hydrogens is 348 g/mol. The lowest BCUT2D eigenvalue weighted by atomic mass is 9.50. The van der Waals surface area contributed by atoms with Crippen molar-refractivity contribution in [1.29, 1.82) is 0 Å². The fraction of sp³-hybridized carbons (Fsp3) is 0.952. The highest BCUT2D eigenvalue weighted by Crippen LogP contribution is 2.63. The molecule has 0 bridgehead atoms. The molecule has 2 heteroatoms. The Morgan fingerprint density at radius 2 is 1.87 bits per heavy atom. The lowest BCUT2D eigenvalue weighted by Crippen LogP contribution is -2.48. The first-order valence-corrected chi connectivity index (χ1v) is 11.3. The van der Waals surface area contributed by atoms with Gasteiger partial charge in [-0.05, 0) is 73.5 Å². The molecule has 7 unspecified atom stereocenters. The van der Waals surface area contributed by atoms with Crippen LogP contribution in [0, 0.1) is 40.9 Å². The number of carbonyl (C=O) groups excluding carboxylic acids is 1. The minimum absolute atomic E-state index is 0.307. The lowest BCUT2D eigenvalue weighted by Gasteiger charge is -2.54. The third-order valence-electron chi connectivity index (χ3n) is 8.19. The predicted molar refractivity (Wildman–Crippen MR) is 101 cm³/mol. The number of fused-ring (bicyclic) bond motifs is 3. The van der Waals surface area contributed by atoms with Gasteiger partial charge in [0.1, 0.15) is 5.78 Å². The molecule has 0 aromatic heterocycles. The Morgan fingerprint density at radius 1 is 1.09 bits per heavy atom. The molecule has 0 aromatic rings. The summed E-state index contributed by atoms with van der Waals surface area (Å²) in [5.41, 5.74) is 0.307. The highest BCUT2D eigenvalue weighted by molar-refractivity contribution is 9.09. The molecule has 0 aliphatic heterocycles. The number of carbonyl (C=O) groups is 1. The van der Waals surface area contributed by atoms with E-state index in [0.29, 0.717) is 22.4 Å². The summed E-state index contributed by atoms with van der Waals surface area (Å²) < 4.78 is 0. The SMILES string of the molecule is CCCC1C(CC)CCC2C1CCC1(C)C(C(=O)CBr)CCC21. The molecule has 0 aromatic carbocycles. The number of rotatable bonds is 5. The van der Waals surface area contributed by atoms with Crippen LogP contribution in [-0.2, 0) is 4.79 Å². The molecule has 3 fully saturated rings. The number of ketones is 1. The van der Waals surface area contributed by atoms with Crippen LogP contribution in [0.25, 0.3) is 0 Å². The van der Waals surface area contributed by atoms with Gasteiger partial charge in [0.05, 0.1) is 5.33 Å². The minimum Gasteiger partial charge on any atom is -0.298 e. The van der Waals surface area contributed by atoms with Crippen LogP contribution in [0.15, 0.2) is 0 Å². The molecule has 0 amide bonds. The third kappa shape index (κ3) is 2.96. The highest BCUT2D eigenvalue weighted by atomic mass is 79.9. The van der Waals surface area contributed by atoms with Gasteiger partial charge < -0.3 is 0 Å². The van der Waals surface area contributed by atoms with E-state index in [4.69, 9.17) is 0 Å². The molecule has 7 atom stereocenters. The lowest BCUT2D eigenvalue weighted by molar-refractivity contribution is -0.127. The Bertz CT molecular complexity index is 434. The van der Waals surface area contributed by atoms with Crippen molar-refractivity contribution >= 4 is 21.7 Å². The van der Waals surface area contributed by atoms with Crippen molar-refractivity contribution in [3.8, 4) is 0 Å². The van der Waals surface area contributed by atoms with E-state index < -0.39 is 0 Å². The molecule has 0 heterocycles. The monoisotopic (exact) mass is 382 g/mol. The van der Waals surface area contributed by atoms with Crippen LogP contribution in [0.2, 0.25) is 0 Å². The van der Waals surface area contributed by atoms with Crippen molar-refractivity contribution < 1.29 is 4.79 Å². The van der Waals surface area contributed by atoms with Gasteiger partial charge in [-0.3, -0.25) is 4.79 Å². The molecule has 3 aliphatic carbocycles. The van der Waals surface area contributed by atoms with Crippen molar-refractivity contribution in [3.63, 3.8) is 0 Å². The normalized spacial score (nSPS) is 46.3. The van der Waals surface area contributed by atoms with Gasteiger partial charge >= 0.3 is 0 Å². The average Bonchev–Trinajstić information content (AvgIpc) is 2.92. The molecule has 3 saturated carbocycles. The summed E-state index contributed by atoms with van der Waals surface area (Å²) in [5, 5.41) is 0.560. The standard InChI is InChI=1S/C21H35BrO/c1-4-6-15-14(5-2)7-8-17-16(15)11-12-21(3)18(17)9-10-19(21)20(23)13-22/h14-19H,4-13H2,1-3H3. The Balaban J connectivity index is 1.81. The first kappa shape index (κ1) is 18.0. The molecule has 0 spiro atoms. The average molecular weight is 383 g/mol. The summed E-state index contributed by atoms with van der Waals surface area (Å²) in [5.74, 6) is 5.46. The van der Waals surface area contributed by atoms with E-state index in [1.165, 1.54) is 51.4 Å². The molecule has 3 rings (SSSR count). The fourth-order valence-electron chi connectivity index (χ4n) is 7.15. The molecule has 0 N–H and O–H groups in total. The Morgan fingerprint density at radius 3 is 2.52 bits per heavy atom. The maximum absolute atomic E-state index is 12.5. The smallest absolute Gasteiger partial charge is 0.147 e. The van der Waals surface area contributed by atoms with Gasteiger partial charge in [-0.15, -0.1) is 0 Å². The van der Waals surface area contributed by atoms with Crippen molar-refractivity contribution in [1.82, 2.24) is 0 Å². The van der Waals surface area contributed by atoms with Crippen LogP contribution < -0.4 is 0 Å². The quantitative estimate of drug-likeness (QED) is 0.513. The third-order valence-corrected chi connectivity index (χ3v) is 8.74. The highest BCUT2D eigenvalue weighted by Gasteiger charge is 2.57. The summed E-state index contributed by atoms with van der Waals surface area (Å²) >= 11 is 3.43. The zero-order valence-corrected chi connectivity index (χ0v) is 16.9. The van der Waals surface area contributed by atoms with Crippen LogP contribution in [0.3, 0.4) is 0 Å². The van der Waals surface area contributed by atoms with Crippen molar-refractivity contribution in [3.05, 3.63) is 0 Å². The number of halogens is 1. The van der Waals surface area contributed by atoms with Crippen LogP contribution >= 0.6 is 15.9 Å². The first-order chi connectivity index (χ1) is 11.1. The maximum Gasteiger partial charge on any atom is 0.147 e. The summed E-state index contributed by atoms with van der Waals surface area (Å²) in [6.07, 6.45) is 12.2. The van der Waals surface area contributed by atoms with Crippen molar-refractivity contribution in [2.75, 3.05) is 5.33 Å². The minimum atomic E-state index is 0.307. The molecule has 23 heavy (non-hydrogen) atoms. The van der Waals surface area contributed by atoms with E-state index in [1.54, 1.807) is 0 Å². The number of hydrogen-bond donors (Lipinski definition) is 0. The summed E-state index contributed by atoms with van der Waals surface area (Å²) in [7, 11) is 0. The summed E-state index contributed by atoms with van der Waals surface area (Å²) in [6.45, 7) is 7.23. The zero-order valence-electron chi connectivity index (χ0n) is 15.3. The second kappa shape index (κ2) is 7.18. The number of alkyl halides is 1. The zero-order chi connectivity index (χ0) is 16.6. The van der Waals surface area contributed by atoms with E-state index >= 15 is 0 Å². The molecule has 0 radical (unpaired) electrons. The molecule has 3 aliphatic rings. The van der Waals surface area contributed by atoms with Gasteiger partial charge in [0.2, 0.25) is 0 Å². The van der Waals surface area contributed by atoms with E-state index in [9.17, 15) is 4.79 Å². The van der Waals surface area contributed by atoms with Crippen LogP contribution in [0.4, 0.5) is 0 Å². The van der Waals surface area contributed by atoms with Gasteiger partial charge in [0, 0.05) is 5.92 Å². The maximum atomic E-state index is 12.5. The second-order valence-corrected chi connectivity index (χ2v) is 9.47. The van der Waals surface area contributed by atoms with Gasteiger partial charge in [-0.1, -0.05) is 56.0 Å². The number of hydrogen-bond acceptors (Lipinski definition) is 1. The molecular formula is C21H35BrO. The van der Waals surface area contributed by atoms with Crippen LogP contribution in [-0.4, -0.2) is 11.1 Å². The van der Waals surface area contributed by atoms with Gasteiger partial charge in [0.25, 0.3) is 0 Å². The van der Waals surface area contributed by atoms with Crippen molar-refractivity contribution in [2.45, 2.75) is 78.6 Å². The molecule has 0 saturated heterocycles. The molecule has 1 nitrogen and oxygen atoms in total. The Hall–Kier alpha value is 0.150. The second-order valence-electron chi connectivity index (χ2n) is 8.91. The summed E-state index contributed by atoms with van der Waals surface area (Å²) in [4.78, 5) is 12.5. The van der Waals surface area contributed by atoms with E-state index in [1.807, 2.05) is 0 Å². The van der Waals surface area contributed by atoms with Gasteiger partial charge in [-0.25, -0.2) is 0 Å². The molecule has 132 valence electrons. The fourth-order valence-corrected chi connectivity index (χ4v) is 7.54. The topological polar surface area (TPSA) is 17.1 Å². The number of Topliss-reactive ketones (excluding diaryl/α,β-unsaturated/α-hetero) is 1. The van der Waals surface area contributed by atoms with Crippen LogP contribution in [0.5, 0.6) is 0 Å². The van der Waals surface area contributed by atoms with Gasteiger partial charge in [-0.2, -0.15) is 0 Å². The Kier molecular flexibility index (Phi) is 5.60.